The van der Waals surface area contributed by atoms with Gasteiger partial charge < -0.3 is 0 Å². The highest BCUT2D eigenvalue weighted by Gasteiger charge is 2.06. The SMILES string of the molecule is N#Cc1ccc2nnn(-c3ccncc3)c2c1. The van der Waals surface area contributed by atoms with Gasteiger partial charge in [-0.05, 0) is 30.3 Å². The van der Waals surface area contributed by atoms with Crippen LogP contribution in [0.4, 0.5) is 0 Å². The highest BCUT2D eigenvalue weighted by Crippen LogP contribution is 2.16. The molecule has 0 bridgehead atoms. The average Bonchev–Trinajstić information content (AvgIpc) is 2.82. The van der Waals surface area contributed by atoms with Crippen LogP contribution in [-0.4, -0.2) is 20.0 Å². The number of benzene rings is 1. The van der Waals surface area contributed by atoms with Crippen molar-refractivity contribution >= 4 is 11.0 Å². The summed E-state index contributed by atoms with van der Waals surface area (Å²) in [7, 11) is 0. The Hall–Kier alpha value is -2.74. The Morgan fingerprint density at radius 2 is 1.94 bits per heavy atom. The van der Waals surface area contributed by atoms with Crippen molar-refractivity contribution in [1.29, 1.82) is 5.26 Å². The predicted octanol–water partition coefficient (Wildman–Crippen LogP) is 1.69. The van der Waals surface area contributed by atoms with Crippen LogP contribution in [0.1, 0.15) is 5.56 Å². The fourth-order valence-electron chi connectivity index (χ4n) is 1.66. The van der Waals surface area contributed by atoms with Gasteiger partial charge in [-0.3, -0.25) is 4.98 Å². The van der Waals surface area contributed by atoms with Crippen LogP contribution >= 0.6 is 0 Å². The molecule has 2 heterocycles. The molecule has 17 heavy (non-hydrogen) atoms. The third-order valence-corrected chi connectivity index (χ3v) is 2.48. The van der Waals surface area contributed by atoms with Gasteiger partial charge in [0.15, 0.2) is 0 Å². The lowest BCUT2D eigenvalue weighted by atomic mass is 10.2. The molecule has 0 amide bonds. The smallest absolute Gasteiger partial charge is 0.113 e. The summed E-state index contributed by atoms with van der Waals surface area (Å²) < 4.78 is 1.69. The van der Waals surface area contributed by atoms with Gasteiger partial charge in [0.05, 0.1) is 22.8 Å². The van der Waals surface area contributed by atoms with E-state index in [2.05, 4.69) is 21.4 Å². The van der Waals surface area contributed by atoms with E-state index in [9.17, 15) is 0 Å². The second-order valence-corrected chi connectivity index (χ2v) is 3.52. The second-order valence-electron chi connectivity index (χ2n) is 3.52. The Labute approximate surface area is 96.9 Å². The van der Waals surface area contributed by atoms with Gasteiger partial charge in [0.2, 0.25) is 0 Å². The molecule has 0 atom stereocenters. The summed E-state index contributed by atoms with van der Waals surface area (Å²) in [5, 5.41) is 17.0. The van der Waals surface area contributed by atoms with E-state index in [4.69, 9.17) is 5.26 Å². The van der Waals surface area contributed by atoms with E-state index < -0.39 is 0 Å². The Balaban J connectivity index is 2.28. The summed E-state index contributed by atoms with van der Waals surface area (Å²) in [6.45, 7) is 0. The topological polar surface area (TPSA) is 67.4 Å². The number of aromatic nitrogens is 4. The molecule has 0 spiro atoms. The zero-order chi connectivity index (χ0) is 11.7. The maximum Gasteiger partial charge on any atom is 0.113 e. The maximum atomic E-state index is 8.89. The molecular formula is C12H7N5. The van der Waals surface area contributed by atoms with Crippen LogP contribution in [0.3, 0.4) is 0 Å². The van der Waals surface area contributed by atoms with Crippen molar-refractivity contribution in [3.63, 3.8) is 0 Å². The second kappa shape index (κ2) is 3.68. The molecule has 3 aromatic rings. The molecule has 3 rings (SSSR count). The highest BCUT2D eigenvalue weighted by molar-refractivity contribution is 5.77. The molecule has 0 fully saturated rings. The molecule has 0 saturated heterocycles. The van der Waals surface area contributed by atoms with Gasteiger partial charge >= 0.3 is 0 Å². The monoisotopic (exact) mass is 221 g/mol. The lowest BCUT2D eigenvalue weighted by molar-refractivity contribution is 0.822. The number of nitrogens with zero attached hydrogens (tertiary/aromatic N) is 5. The van der Waals surface area contributed by atoms with Crippen LogP contribution in [-0.2, 0) is 0 Å². The summed E-state index contributed by atoms with van der Waals surface area (Å²) in [6, 6.07) is 11.1. The van der Waals surface area contributed by atoms with Crippen LogP contribution in [0.5, 0.6) is 0 Å². The molecule has 0 N–H and O–H groups in total. The molecule has 5 heteroatoms. The van der Waals surface area contributed by atoms with Gasteiger partial charge in [-0.25, -0.2) is 4.68 Å². The zero-order valence-electron chi connectivity index (χ0n) is 8.78. The molecule has 0 aliphatic heterocycles. The normalized spacial score (nSPS) is 10.3. The van der Waals surface area contributed by atoms with E-state index in [1.54, 1.807) is 35.3 Å². The van der Waals surface area contributed by atoms with E-state index >= 15 is 0 Å². The summed E-state index contributed by atoms with van der Waals surface area (Å²) >= 11 is 0. The molecule has 0 radical (unpaired) electrons. The van der Waals surface area contributed by atoms with Crippen LogP contribution in [0.25, 0.3) is 16.7 Å². The molecule has 80 valence electrons. The first-order valence-electron chi connectivity index (χ1n) is 5.04. The van der Waals surface area contributed by atoms with Crippen LogP contribution < -0.4 is 0 Å². The van der Waals surface area contributed by atoms with Gasteiger partial charge in [0.1, 0.15) is 5.52 Å². The molecule has 0 aliphatic rings. The average molecular weight is 221 g/mol. The minimum absolute atomic E-state index is 0.593. The molecular weight excluding hydrogens is 214 g/mol. The fourth-order valence-corrected chi connectivity index (χ4v) is 1.66. The number of pyridine rings is 1. The molecule has 0 aliphatic carbocycles. The Bertz CT molecular complexity index is 709. The Morgan fingerprint density at radius 3 is 2.71 bits per heavy atom. The van der Waals surface area contributed by atoms with Crippen molar-refractivity contribution in [3.8, 4) is 11.8 Å². The third-order valence-electron chi connectivity index (χ3n) is 2.48. The molecule has 5 nitrogen and oxygen atoms in total. The van der Waals surface area contributed by atoms with Crippen LogP contribution in [0.2, 0.25) is 0 Å². The highest BCUT2D eigenvalue weighted by atomic mass is 15.4. The number of hydrogen-bond acceptors (Lipinski definition) is 4. The molecule has 0 saturated carbocycles. The van der Waals surface area contributed by atoms with E-state index in [1.807, 2.05) is 12.1 Å². The largest absolute Gasteiger partial charge is 0.265 e. The quantitative estimate of drug-likeness (QED) is 0.627. The lowest BCUT2D eigenvalue weighted by Crippen LogP contribution is -1.96. The van der Waals surface area contributed by atoms with Crippen molar-refractivity contribution < 1.29 is 0 Å². The summed E-state index contributed by atoms with van der Waals surface area (Å²) in [4.78, 5) is 3.96. The summed E-state index contributed by atoms with van der Waals surface area (Å²) in [5.74, 6) is 0. The lowest BCUT2D eigenvalue weighted by Gasteiger charge is -2.00. The summed E-state index contributed by atoms with van der Waals surface area (Å²) in [5.41, 5.74) is 3.05. The van der Waals surface area contributed by atoms with E-state index in [0.29, 0.717) is 5.56 Å². The molecule has 0 unspecified atom stereocenters. The summed E-state index contributed by atoms with van der Waals surface area (Å²) in [6.07, 6.45) is 3.38. The van der Waals surface area contributed by atoms with Crippen molar-refractivity contribution in [3.05, 3.63) is 48.3 Å². The van der Waals surface area contributed by atoms with Gasteiger partial charge in [0, 0.05) is 12.4 Å². The van der Waals surface area contributed by atoms with Gasteiger partial charge in [0.25, 0.3) is 0 Å². The van der Waals surface area contributed by atoms with Gasteiger partial charge in [-0.1, -0.05) is 5.21 Å². The first kappa shape index (κ1) is 9.48. The number of rotatable bonds is 1. The third kappa shape index (κ3) is 1.52. The van der Waals surface area contributed by atoms with Crippen molar-refractivity contribution in [2.75, 3.05) is 0 Å². The Kier molecular flexibility index (Phi) is 2.06. The molecule has 2 aromatic heterocycles. The number of hydrogen-bond donors (Lipinski definition) is 0. The van der Waals surface area contributed by atoms with E-state index in [1.165, 1.54) is 0 Å². The number of nitriles is 1. The van der Waals surface area contributed by atoms with Gasteiger partial charge in [-0.2, -0.15) is 5.26 Å². The molecule has 1 aromatic carbocycles. The van der Waals surface area contributed by atoms with Crippen molar-refractivity contribution in [1.82, 2.24) is 20.0 Å². The van der Waals surface area contributed by atoms with Crippen molar-refractivity contribution in [2.24, 2.45) is 0 Å². The maximum absolute atomic E-state index is 8.89. The number of fused-ring (bicyclic) bond motifs is 1. The minimum atomic E-state index is 0.593. The van der Waals surface area contributed by atoms with Crippen LogP contribution in [0, 0.1) is 11.3 Å². The zero-order valence-corrected chi connectivity index (χ0v) is 8.78. The standard InChI is InChI=1S/C12H7N5/c13-8-9-1-2-11-12(7-9)17(16-15-11)10-3-5-14-6-4-10/h1-7H. The first-order chi connectivity index (χ1) is 8.38. The fraction of sp³-hybridized carbons (Fsp3) is 0. The Morgan fingerprint density at radius 1 is 1.12 bits per heavy atom. The van der Waals surface area contributed by atoms with E-state index in [-0.39, 0.29) is 0 Å². The van der Waals surface area contributed by atoms with Gasteiger partial charge in [-0.15, -0.1) is 5.10 Å². The first-order valence-corrected chi connectivity index (χ1v) is 5.04. The van der Waals surface area contributed by atoms with Crippen LogP contribution in [0.15, 0.2) is 42.7 Å². The van der Waals surface area contributed by atoms with Crippen molar-refractivity contribution in [2.45, 2.75) is 0 Å². The predicted molar refractivity (Wildman–Crippen MR) is 61.4 cm³/mol. The van der Waals surface area contributed by atoms with E-state index in [0.717, 1.165) is 16.7 Å². The minimum Gasteiger partial charge on any atom is -0.265 e.